The quantitative estimate of drug-likeness (QED) is 0.161. The zero-order chi connectivity index (χ0) is 19.1. The molecule has 0 amide bonds. The Bertz CT molecular complexity index is 282. The lowest BCUT2D eigenvalue weighted by atomic mass is 10.1. The van der Waals surface area contributed by atoms with E-state index in [1.54, 1.807) is 0 Å². The number of rotatable bonds is 22. The number of nitrogens with one attached hydrogen (secondary N) is 1. The molecule has 0 bridgehead atoms. The predicted molar refractivity (Wildman–Crippen MR) is 115 cm³/mol. The second-order valence-electron chi connectivity index (χ2n) is 6.99. The molecule has 0 heterocycles. The van der Waals surface area contributed by atoms with E-state index < -0.39 is 0 Å². The Hall–Kier alpha value is -0.390. The predicted octanol–water partition coefficient (Wildman–Crippen LogP) is 5.02. The monoisotopic (exact) mass is 386 g/mol. The molecule has 0 radical (unpaired) electrons. The molecule has 0 aromatic heterocycles. The van der Waals surface area contributed by atoms with Crippen LogP contribution in [0.5, 0.6) is 0 Å². The van der Waals surface area contributed by atoms with Gasteiger partial charge in [-0.1, -0.05) is 57.4 Å². The highest BCUT2D eigenvalue weighted by atomic mass is 32.2. The molecule has 0 aliphatic rings. The van der Waals surface area contributed by atoms with Gasteiger partial charge >= 0.3 is 0 Å². The summed E-state index contributed by atoms with van der Waals surface area (Å²) in [5, 5.41) is 0. The van der Waals surface area contributed by atoms with E-state index in [-0.39, 0.29) is 0 Å². The van der Waals surface area contributed by atoms with Crippen molar-refractivity contribution in [2.24, 2.45) is 0 Å². The number of unbranched alkanes of at least 4 members (excludes halogenated alkanes) is 10. The molecular formula is C21H42N2O2S. The van der Waals surface area contributed by atoms with Gasteiger partial charge in [0.2, 0.25) is 0 Å². The fraction of sp³-hybridized carbons (Fsp3) is 0.905. The minimum atomic E-state index is 0.725. The first-order valence-electron chi connectivity index (χ1n) is 10.8. The third-order valence-corrected chi connectivity index (χ3v) is 5.55. The van der Waals surface area contributed by atoms with Crippen molar-refractivity contribution in [2.45, 2.75) is 90.4 Å². The van der Waals surface area contributed by atoms with Crippen molar-refractivity contribution in [3.8, 4) is 0 Å². The van der Waals surface area contributed by atoms with Crippen LogP contribution in [0.1, 0.15) is 90.4 Å². The lowest BCUT2D eigenvalue weighted by Crippen LogP contribution is -2.28. The van der Waals surface area contributed by atoms with Crippen LogP contribution < -0.4 is 4.72 Å². The van der Waals surface area contributed by atoms with E-state index >= 15 is 0 Å². The molecular weight excluding hydrogens is 344 g/mol. The number of carbonyl (C=O) groups is 2. The molecule has 0 fully saturated rings. The van der Waals surface area contributed by atoms with Crippen LogP contribution in [-0.2, 0) is 9.59 Å². The molecule has 0 saturated carbocycles. The summed E-state index contributed by atoms with van der Waals surface area (Å²) in [6.45, 7) is 6.80. The van der Waals surface area contributed by atoms with E-state index in [0.29, 0.717) is 0 Å². The van der Waals surface area contributed by atoms with E-state index in [4.69, 9.17) is 0 Å². The lowest BCUT2D eigenvalue weighted by molar-refractivity contribution is -0.108. The van der Waals surface area contributed by atoms with Crippen molar-refractivity contribution in [1.29, 1.82) is 0 Å². The van der Waals surface area contributed by atoms with Crippen molar-refractivity contribution in [3.63, 3.8) is 0 Å². The Morgan fingerprint density at radius 3 is 1.65 bits per heavy atom. The molecule has 0 unspecified atom stereocenters. The molecule has 5 heteroatoms. The molecule has 0 saturated heterocycles. The summed E-state index contributed by atoms with van der Waals surface area (Å²) in [4.78, 5) is 23.3. The maximum absolute atomic E-state index is 10.3. The fourth-order valence-corrected chi connectivity index (χ4v) is 3.68. The van der Waals surface area contributed by atoms with Crippen LogP contribution in [0.25, 0.3) is 0 Å². The first-order chi connectivity index (χ1) is 12.8. The third kappa shape index (κ3) is 19.9. The highest BCUT2D eigenvalue weighted by Crippen LogP contribution is 2.09. The number of hydrogen-bond donors (Lipinski definition) is 1. The zero-order valence-corrected chi connectivity index (χ0v) is 17.9. The molecule has 0 rings (SSSR count). The molecule has 26 heavy (non-hydrogen) atoms. The largest absolute Gasteiger partial charge is 0.303 e. The first-order valence-corrected chi connectivity index (χ1v) is 11.8. The zero-order valence-electron chi connectivity index (χ0n) is 17.1. The van der Waals surface area contributed by atoms with Crippen molar-refractivity contribution in [1.82, 2.24) is 9.62 Å². The Labute approximate surface area is 166 Å². The molecule has 0 aromatic rings. The van der Waals surface area contributed by atoms with E-state index in [1.807, 2.05) is 11.9 Å². The minimum absolute atomic E-state index is 0.725. The molecule has 1 N–H and O–H groups in total. The SMILES string of the molecule is CCNSCCCN(CCCCCCCC=O)CCCCCCCC=O. The fourth-order valence-electron chi connectivity index (χ4n) is 3.06. The summed E-state index contributed by atoms with van der Waals surface area (Å²) < 4.78 is 3.32. The molecule has 4 nitrogen and oxygen atoms in total. The highest BCUT2D eigenvalue weighted by molar-refractivity contribution is 7.97. The Morgan fingerprint density at radius 1 is 0.692 bits per heavy atom. The van der Waals surface area contributed by atoms with Crippen molar-refractivity contribution >= 4 is 24.5 Å². The van der Waals surface area contributed by atoms with Crippen LogP contribution in [0.15, 0.2) is 0 Å². The second-order valence-corrected chi connectivity index (χ2v) is 7.97. The number of nitrogens with zero attached hydrogens (tertiary/aromatic N) is 1. The average molecular weight is 387 g/mol. The van der Waals surface area contributed by atoms with Gasteiger partial charge in [0, 0.05) is 25.1 Å². The number of aldehydes is 2. The van der Waals surface area contributed by atoms with E-state index in [1.165, 1.54) is 83.2 Å². The summed E-state index contributed by atoms with van der Waals surface area (Å²) >= 11 is 1.84. The Balaban J connectivity index is 3.78. The van der Waals surface area contributed by atoms with Gasteiger partial charge in [0.05, 0.1) is 0 Å². The van der Waals surface area contributed by atoms with Crippen molar-refractivity contribution in [2.75, 3.05) is 31.9 Å². The van der Waals surface area contributed by atoms with Gasteiger partial charge in [0.1, 0.15) is 12.6 Å². The van der Waals surface area contributed by atoms with Gasteiger partial charge in [0.15, 0.2) is 0 Å². The van der Waals surface area contributed by atoms with Gasteiger partial charge in [0.25, 0.3) is 0 Å². The standard InChI is InChI=1S/C21H42N2O2S/c1-2-22-26-21-15-18-23(16-11-7-3-5-9-13-19-24)17-12-8-4-6-10-14-20-25/h19-20,22H,2-18,21H2,1H3. The molecule has 0 aliphatic carbocycles. The molecule has 154 valence electrons. The van der Waals surface area contributed by atoms with Crippen LogP contribution in [0.2, 0.25) is 0 Å². The van der Waals surface area contributed by atoms with Crippen molar-refractivity contribution < 1.29 is 9.59 Å². The maximum Gasteiger partial charge on any atom is 0.119 e. The van der Waals surface area contributed by atoms with E-state index in [9.17, 15) is 9.59 Å². The van der Waals surface area contributed by atoms with Gasteiger partial charge in [-0.05, 0) is 51.7 Å². The summed E-state index contributed by atoms with van der Waals surface area (Å²) in [5.74, 6) is 1.18. The van der Waals surface area contributed by atoms with Gasteiger partial charge in [-0.15, -0.1) is 0 Å². The summed E-state index contributed by atoms with van der Waals surface area (Å²) in [6.07, 6.45) is 16.9. The van der Waals surface area contributed by atoms with Crippen LogP contribution in [-0.4, -0.2) is 49.4 Å². The molecule has 0 spiro atoms. The first kappa shape index (κ1) is 25.6. The van der Waals surface area contributed by atoms with Gasteiger partial charge in [-0.2, -0.15) is 0 Å². The maximum atomic E-state index is 10.3. The summed E-state index contributed by atoms with van der Waals surface area (Å²) in [6, 6.07) is 0. The third-order valence-electron chi connectivity index (χ3n) is 4.56. The van der Waals surface area contributed by atoms with Crippen LogP contribution >= 0.6 is 11.9 Å². The molecule has 0 aromatic carbocycles. The topological polar surface area (TPSA) is 49.4 Å². The Morgan fingerprint density at radius 2 is 1.15 bits per heavy atom. The van der Waals surface area contributed by atoms with Crippen LogP contribution in [0, 0.1) is 0 Å². The minimum Gasteiger partial charge on any atom is -0.303 e. The number of hydrogen-bond acceptors (Lipinski definition) is 5. The van der Waals surface area contributed by atoms with Crippen LogP contribution in [0.4, 0.5) is 0 Å². The molecule has 0 aliphatic heterocycles. The van der Waals surface area contributed by atoms with Gasteiger partial charge in [-0.3, -0.25) is 4.72 Å². The van der Waals surface area contributed by atoms with Gasteiger partial charge in [-0.25, -0.2) is 0 Å². The lowest BCUT2D eigenvalue weighted by Gasteiger charge is -2.22. The summed E-state index contributed by atoms with van der Waals surface area (Å²) in [7, 11) is 0. The highest BCUT2D eigenvalue weighted by Gasteiger charge is 2.05. The van der Waals surface area contributed by atoms with Crippen LogP contribution in [0.3, 0.4) is 0 Å². The van der Waals surface area contributed by atoms with E-state index in [0.717, 1.165) is 44.8 Å². The smallest absolute Gasteiger partial charge is 0.119 e. The normalized spacial score (nSPS) is 11.2. The summed E-state index contributed by atoms with van der Waals surface area (Å²) in [5.41, 5.74) is 0. The second kappa shape index (κ2) is 22.7. The van der Waals surface area contributed by atoms with Gasteiger partial charge < -0.3 is 14.5 Å². The number of carbonyl (C=O) groups excluding carboxylic acids is 2. The van der Waals surface area contributed by atoms with Crippen molar-refractivity contribution in [3.05, 3.63) is 0 Å². The average Bonchev–Trinajstić information content (AvgIpc) is 2.65. The Kier molecular flexibility index (Phi) is 22.3. The van der Waals surface area contributed by atoms with E-state index in [2.05, 4.69) is 16.5 Å². The molecule has 0 atom stereocenters.